The summed E-state index contributed by atoms with van der Waals surface area (Å²) in [4.78, 5) is 14.7. The standard InChI is InChI=1S/C16H15NO2S/c1-17(9-10-18)12-6-4-8-14-15(12)16(19)11-5-2-3-7-13(11)20-14/h2-8,18H,9-10H2,1H3. The van der Waals surface area contributed by atoms with E-state index in [4.69, 9.17) is 5.11 Å². The maximum atomic E-state index is 12.7. The molecule has 0 saturated carbocycles. The molecule has 0 aliphatic carbocycles. The van der Waals surface area contributed by atoms with E-state index < -0.39 is 0 Å². The van der Waals surface area contributed by atoms with Crippen molar-refractivity contribution in [3.63, 3.8) is 0 Å². The van der Waals surface area contributed by atoms with Crippen LogP contribution in [0.1, 0.15) is 0 Å². The van der Waals surface area contributed by atoms with Crippen LogP contribution in [-0.2, 0) is 0 Å². The Morgan fingerprint density at radius 3 is 2.65 bits per heavy atom. The number of fused-ring (bicyclic) bond motifs is 2. The summed E-state index contributed by atoms with van der Waals surface area (Å²) in [5.41, 5.74) is 0.943. The van der Waals surface area contributed by atoms with Gasteiger partial charge in [-0.1, -0.05) is 18.2 Å². The zero-order valence-electron chi connectivity index (χ0n) is 11.2. The smallest absolute Gasteiger partial charge is 0.197 e. The average molecular weight is 285 g/mol. The van der Waals surface area contributed by atoms with Gasteiger partial charge >= 0.3 is 0 Å². The molecule has 0 saturated heterocycles. The molecule has 2 aromatic carbocycles. The third-order valence-electron chi connectivity index (χ3n) is 3.43. The van der Waals surface area contributed by atoms with Crippen LogP contribution in [0.4, 0.5) is 5.69 Å². The van der Waals surface area contributed by atoms with Crippen LogP contribution in [0.3, 0.4) is 0 Å². The maximum Gasteiger partial charge on any atom is 0.197 e. The van der Waals surface area contributed by atoms with E-state index in [1.54, 1.807) is 11.3 Å². The van der Waals surface area contributed by atoms with Gasteiger partial charge in [-0.15, -0.1) is 11.3 Å². The van der Waals surface area contributed by atoms with Gasteiger partial charge in [0.15, 0.2) is 5.43 Å². The highest BCUT2D eigenvalue weighted by molar-refractivity contribution is 7.24. The fourth-order valence-corrected chi connectivity index (χ4v) is 3.52. The summed E-state index contributed by atoms with van der Waals surface area (Å²) >= 11 is 1.63. The highest BCUT2D eigenvalue weighted by atomic mass is 32.1. The zero-order chi connectivity index (χ0) is 14.1. The Balaban J connectivity index is 2.38. The number of aliphatic hydroxyl groups excluding tert-OH is 1. The molecule has 3 aromatic rings. The molecule has 1 aromatic heterocycles. The molecule has 0 aliphatic heterocycles. The number of nitrogens with zero attached hydrogens (tertiary/aromatic N) is 1. The van der Waals surface area contributed by atoms with Crippen LogP contribution in [0.15, 0.2) is 47.3 Å². The lowest BCUT2D eigenvalue weighted by molar-refractivity contribution is 0.304. The molecule has 0 spiro atoms. The Kier molecular flexibility index (Phi) is 3.42. The van der Waals surface area contributed by atoms with Crippen molar-refractivity contribution in [2.24, 2.45) is 0 Å². The third kappa shape index (κ3) is 2.07. The normalized spacial score (nSPS) is 11.1. The summed E-state index contributed by atoms with van der Waals surface area (Å²) in [6, 6.07) is 13.6. The summed E-state index contributed by atoms with van der Waals surface area (Å²) in [5.74, 6) is 0. The second-order valence-electron chi connectivity index (χ2n) is 4.72. The molecule has 0 atom stereocenters. The summed E-state index contributed by atoms with van der Waals surface area (Å²) in [5, 5.41) is 10.6. The molecule has 0 bridgehead atoms. The number of aliphatic hydroxyl groups is 1. The van der Waals surface area contributed by atoms with Crippen molar-refractivity contribution in [3.05, 3.63) is 52.7 Å². The average Bonchev–Trinajstić information content (AvgIpc) is 2.47. The lowest BCUT2D eigenvalue weighted by Crippen LogP contribution is -2.22. The fourth-order valence-electron chi connectivity index (χ4n) is 2.42. The van der Waals surface area contributed by atoms with Crippen molar-refractivity contribution in [2.45, 2.75) is 0 Å². The van der Waals surface area contributed by atoms with E-state index in [-0.39, 0.29) is 12.0 Å². The Morgan fingerprint density at radius 1 is 1.10 bits per heavy atom. The van der Waals surface area contributed by atoms with Gasteiger partial charge in [-0.3, -0.25) is 4.79 Å². The Morgan fingerprint density at radius 2 is 1.85 bits per heavy atom. The Bertz CT molecular complexity index is 825. The first-order valence-corrected chi connectivity index (χ1v) is 7.30. The molecule has 0 aliphatic rings. The molecular weight excluding hydrogens is 270 g/mol. The summed E-state index contributed by atoms with van der Waals surface area (Å²) in [6.07, 6.45) is 0. The van der Waals surface area contributed by atoms with Gasteiger partial charge in [0.05, 0.1) is 12.0 Å². The van der Waals surface area contributed by atoms with Crippen molar-refractivity contribution < 1.29 is 5.11 Å². The van der Waals surface area contributed by atoms with Crippen molar-refractivity contribution in [3.8, 4) is 0 Å². The predicted octanol–water partition coefficient (Wildman–Crippen LogP) is 2.84. The van der Waals surface area contributed by atoms with Crippen molar-refractivity contribution in [1.29, 1.82) is 0 Å². The highest BCUT2D eigenvalue weighted by Crippen LogP contribution is 2.30. The molecule has 1 heterocycles. The van der Waals surface area contributed by atoms with E-state index in [1.165, 1.54) is 0 Å². The first-order valence-electron chi connectivity index (χ1n) is 6.49. The van der Waals surface area contributed by atoms with Gasteiger partial charge in [0.25, 0.3) is 0 Å². The van der Waals surface area contributed by atoms with Crippen LogP contribution in [-0.4, -0.2) is 25.3 Å². The van der Waals surface area contributed by atoms with E-state index in [0.717, 1.165) is 25.9 Å². The van der Waals surface area contributed by atoms with Crippen molar-refractivity contribution in [2.75, 3.05) is 25.1 Å². The topological polar surface area (TPSA) is 40.5 Å². The number of benzene rings is 2. The molecule has 4 heteroatoms. The molecule has 0 amide bonds. The lowest BCUT2D eigenvalue weighted by atomic mass is 10.1. The molecule has 20 heavy (non-hydrogen) atoms. The first kappa shape index (κ1) is 13.1. The maximum absolute atomic E-state index is 12.7. The van der Waals surface area contributed by atoms with E-state index in [0.29, 0.717) is 6.54 Å². The Hall–Kier alpha value is -1.91. The van der Waals surface area contributed by atoms with Gasteiger partial charge < -0.3 is 10.0 Å². The van der Waals surface area contributed by atoms with Gasteiger partial charge in [0.2, 0.25) is 0 Å². The first-order chi connectivity index (χ1) is 9.72. The van der Waals surface area contributed by atoms with E-state index in [1.807, 2.05) is 54.4 Å². The SMILES string of the molecule is CN(CCO)c1cccc2sc3ccccc3c(=O)c12. The van der Waals surface area contributed by atoms with Crippen molar-refractivity contribution >= 4 is 37.2 Å². The van der Waals surface area contributed by atoms with Crippen LogP contribution in [0.25, 0.3) is 20.2 Å². The quantitative estimate of drug-likeness (QED) is 0.752. The number of rotatable bonds is 3. The predicted molar refractivity (Wildman–Crippen MR) is 86.0 cm³/mol. The molecule has 102 valence electrons. The largest absolute Gasteiger partial charge is 0.395 e. The molecule has 0 unspecified atom stereocenters. The number of hydrogen-bond donors (Lipinski definition) is 1. The minimum atomic E-state index is 0.0646. The fraction of sp³-hybridized carbons (Fsp3) is 0.188. The molecule has 1 N–H and O–H groups in total. The van der Waals surface area contributed by atoms with Gasteiger partial charge in [0.1, 0.15) is 0 Å². The molecule has 3 rings (SSSR count). The minimum absolute atomic E-state index is 0.0646. The van der Waals surface area contributed by atoms with Crippen molar-refractivity contribution in [1.82, 2.24) is 0 Å². The van der Waals surface area contributed by atoms with Crippen LogP contribution in [0, 0.1) is 0 Å². The lowest BCUT2D eigenvalue weighted by Gasteiger charge is -2.19. The number of hydrogen-bond acceptors (Lipinski definition) is 4. The number of anilines is 1. The number of likely N-dealkylation sites (N-methyl/N-ethyl adjacent to an activating group) is 1. The molecule has 0 fully saturated rings. The monoisotopic (exact) mass is 285 g/mol. The van der Waals surface area contributed by atoms with Gasteiger partial charge in [-0.05, 0) is 24.3 Å². The van der Waals surface area contributed by atoms with Gasteiger partial charge in [-0.25, -0.2) is 0 Å². The van der Waals surface area contributed by atoms with Crippen LogP contribution in [0.2, 0.25) is 0 Å². The van der Waals surface area contributed by atoms with E-state index >= 15 is 0 Å². The van der Waals surface area contributed by atoms with Crippen LogP contribution in [0.5, 0.6) is 0 Å². The molecule has 3 nitrogen and oxygen atoms in total. The van der Waals surface area contributed by atoms with Crippen LogP contribution < -0.4 is 10.3 Å². The van der Waals surface area contributed by atoms with E-state index in [2.05, 4.69) is 0 Å². The van der Waals surface area contributed by atoms with Gasteiger partial charge in [-0.2, -0.15) is 0 Å². The summed E-state index contributed by atoms with van der Waals surface area (Å²) in [7, 11) is 1.89. The highest BCUT2D eigenvalue weighted by Gasteiger charge is 2.12. The Labute approximate surface area is 120 Å². The zero-order valence-corrected chi connectivity index (χ0v) is 12.0. The van der Waals surface area contributed by atoms with Crippen LogP contribution >= 0.6 is 11.3 Å². The second kappa shape index (κ2) is 5.23. The van der Waals surface area contributed by atoms with E-state index in [9.17, 15) is 4.79 Å². The summed E-state index contributed by atoms with van der Waals surface area (Å²) < 4.78 is 1.99. The molecule has 0 radical (unpaired) electrons. The van der Waals surface area contributed by atoms with Gasteiger partial charge in [0, 0.05) is 34.1 Å². The third-order valence-corrected chi connectivity index (χ3v) is 4.57. The molecular formula is C16H15NO2S. The second-order valence-corrected chi connectivity index (χ2v) is 5.81. The minimum Gasteiger partial charge on any atom is -0.395 e. The summed E-state index contributed by atoms with van der Waals surface area (Å²) in [6.45, 7) is 0.578.